The first kappa shape index (κ1) is 14.3. The van der Waals surface area contributed by atoms with Crippen LogP contribution in [0.2, 0.25) is 0 Å². The summed E-state index contributed by atoms with van der Waals surface area (Å²) in [6.45, 7) is 4.21. The number of ether oxygens (including phenoxy) is 1. The van der Waals surface area contributed by atoms with Gasteiger partial charge in [-0.2, -0.15) is 5.10 Å². The summed E-state index contributed by atoms with van der Waals surface area (Å²) >= 11 is 4.61. The Bertz CT molecular complexity index is 463. The van der Waals surface area contributed by atoms with Crippen molar-refractivity contribution in [2.75, 3.05) is 6.61 Å². The predicted molar refractivity (Wildman–Crippen MR) is 73.8 cm³/mol. The second kappa shape index (κ2) is 7.52. The van der Waals surface area contributed by atoms with Crippen molar-refractivity contribution in [1.29, 1.82) is 0 Å². The van der Waals surface area contributed by atoms with Crippen LogP contribution in [0.4, 0.5) is 4.39 Å². The average molecular weight is 267 g/mol. The Morgan fingerprint density at radius 3 is 3.06 bits per heavy atom. The molecular weight excluding hydrogens is 253 g/mol. The summed E-state index contributed by atoms with van der Waals surface area (Å²) < 4.78 is 18.4. The maximum absolute atomic E-state index is 13.1. The van der Waals surface area contributed by atoms with Crippen molar-refractivity contribution in [1.82, 2.24) is 5.43 Å². The van der Waals surface area contributed by atoms with Crippen molar-refractivity contribution in [3.05, 3.63) is 47.8 Å². The van der Waals surface area contributed by atoms with Gasteiger partial charge in [0.1, 0.15) is 5.82 Å². The minimum atomic E-state index is -0.327. The van der Waals surface area contributed by atoms with Crippen LogP contribution in [0.1, 0.15) is 11.1 Å². The zero-order valence-corrected chi connectivity index (χ0v) is 10.5. The third-order valence-corrected chi connectivity index (χ3v) is 2.07. The van der Waals surface area contributed by atoms with Crippen LogP contribution < -0.4 is 11.2 Å². The summed E-state index contributed by atoms with van der Waals surface area (Å²) in [4.78, 5) is 0. The van der Waals surface area contributed by atoms with Crippen LogP contribution in [0.5, 0.6) is 0 Å². The lowest BCUT2D eigenvalue weighted by Gasteiger charge is -2.06. The lowest BCUT2D eigenvalue weighted by molar-refractivity contribution is 0.148. The lowest BCUT2D eigenvalue weighted by atomic mass is 10.1. The molecule has 0 spiro atoms. The van der Waals surface area contributed by atoms with Gasteiger partial charge in [-0.3, -0.25) is 5.43 Å². The molecule has 0 radical (unpaired) electrons. The highest BCUT2D eigenvalue weighted by Crippen LogP contribution is 2.11. The van der Waals surface area contributed by atoms with Gasteiger partial charge in [0.05, 0.1) is 19.4 Å². The van der Waals surface area contributed by atoms with Gasteiger partial charge in [0.25, 0.3) is 0 Å². The van der Waals surface area contributed by atoms with Crippen LogP contribution in [0.25, 0.3) is 0 Å². The highest BCUT2D eigenvalue weighted by molar-refractivity contribution is 7.80. The third-order valence-electron chi connectivity index (χ3n) is 1.98. The largest absolute Gasteiger partial charge is 0.375 e. The number of nitrogens with one attached hydrogen (secondary N) is 1. The number of benzene rings is 1. The molecule has 1 rings (SSSR count). The van der Waals surface area contributed by atoms with E-state index in [1.54, 1.807) is 12.1 Å². The van der Waals surface area contributed by atoms with E-state index in [4.69, 9.17) is 10.5 Å². The molecule has 0 unspecified atom stereocenters. The number of thiocarbonyl (C=S) groups is 1. The van der Waals surface area contributed by atoms with E-state index in [2.05, 4.69) is 29.3 Å². The lowest BCUT2D eigenvalue weighted by Crippen LogP contribution is -2.24. The van der Waals surface area contributed by atoms with Crippen molar-refractivity contribution in [2.45, 2.75) is 6.61 Å². The number of rotatable bonds is 6. The van der Waals surface area contributed by atoms with Crippen LogP contribution >= 0.6 is 12.2 Å². The van der Waals surface area contributed by atoms with Gasteiger partial charge < -0.3 is 10.5 Å². The van der Waals surface area contributed by atoms with E-state index in [0.717, 1.165) is 5.56 Å². The molecule has 0 heterocycles. The molecule has 0 aliphatic carbocycles. The number of halogens is 1. The molecule has 1 aromatic rings. The van der Waals surface area contributed by atoms with Crippen molar-refractivity contribution in [3.63, 3.8) is 0 Å². The molecule has 0 fully saturated rings. The first-order valence-electron chi connectivity index (χ1n) is 5.19. The Morgan fingerprint density at radius 2 is 2.39 bits per heavy atom. The van der Waals surface area contributed by atoms with Crippen molar-refractivity contribution < 1.29 is 9.13 Å². The summed E-state index contributed by atoms with van der Waals surface area (Å²) in [7, 11) is 0. The van der Waals surface area contributed by atoms with Gasteiger partial charge in [-0.1, -0.05) is 12.1 Å². The predicted octanol–water partition coefficient (Wildman–Crippen LogP) is 1.70. The summed E-state index contributed by atoms with van der Waals surface area (Å²) in [5, 5.41) is 3.89. The van der Waals surface area contributed by atoms with Crippen LogP contribution in [0, 0.1) is 5.82 Å². The van der Waals surface area contributed by atoms with Gasteiger partial charge in [0.15, 0.2) is 5.11 Å². The van der Waals surface area contributed by atoms with Crippen LogP contribution in [-0.4, -0.2) is 17.9 Å². The summed E-state index contributed by atoms with van der Waals surface area (Å²) in [6.07, 6.45) is 3.13. The molecule has 3 N–H and O–H groups in total. The summed E-state index contributed by atoms with van der Waals surface area (Å²) in [5.74, 6) is -0.327. The summed E-state index contributed by atoms with van der Waals surface area (Å²) in [5.41, 5.74) is 9.07. The van der Waals surface area contributed by atoms with Gasteiger partial charge in [0, 0.05) is 5.56 Å². The average Bonchev–Trinajstić information content (AvgIpc) is 2.32. The Balaban J connectivity index is 2.78. The third kappa shape index (κ3) is 5.03. The molecule has 0 saturated heterocycles. The molecule has 6 heteroatoms. The summed E-state index contributed by atoms with van der Waals surface area (Å²) in [6, 6.07) is 4.34. The topological polar surface area (TPSA) is 59.6 Å². The quantitative estimate of drug-likeness (QED) is 0.271. The van der Waals surface area contributed by atoms with Crippen molar-refractivity contribution >= 4 is 23.5 Å². The van der Waals surface area contributed by atoms with Gasteiger partial charge in [0.2, 0.25) is 0 Å². The normalized spacial score (nSPS) is 10.5. The molecule has 1 aromatic carbocycles. The van der Waals surface area contributed by atoms with Crippen LogP contribution in [0.3, 0.4) is 0 Å². The van der Waals surface area contributed by atoms with Crippen LogP contribution in [-0.2, 0) is 11.3 Å². The molecule has 0 aromatic heterocycles. The highest BCUT2D eigenvalue weighted by atomic mass is 32.1. The van der Waals surface area contributed by atoms with Gasteiger partial charge in [-0.15, -0.1) is 6.58 Å². The monoisotopic (exact) mass is 267 g/mol. The van der Waals surface area contributed by atoms with Gasteiger partial charge in [-0.05, 0) is 29.9 Å². The van der Waals surface area contributed by atoms with E-state index in [-0.39, 0.29) is 17.5 Å². The Hall–Kier alpha value is -1.79. The molecule has 0 aliphatic heterocycles. The minimum absolute atomic E-state index is 0.0674. The second-order valence-corrected chi connectivity index (χ2v) is 3.82. The molecule has 0 atom stereocenters. The fraction of sp³-hybridized carbons (Fsp3) is 0.167. The fourth-order valence-corrected chi connectivity index (χ4v) is 1.30. The van der Waals surface area contributed by atoms with E-state index < -0.39 is 0 Å². The van der Waals surface area contributed by atoms with E-state index in [1.165, 1.54) is 18.3 Å². The van der Waals surface area contributed by atoms with E-state index >= 15 is 0 Å². The zero-order chi connectivity index (χ0) is 13.4. The molecule has 0 saturated carbocycles. The van der Waals surface area contributed by atoms with Gasteiger partial charge >= 0.3 is 0 Å². The number of nitrogens with zero attached hydrogens (tertiary/aromatic N) is 1. The van der Waals surface area contributed by atoms with Crippen molar-refractivity contribution in [3.8, 4) is 0 Å². The zero-order valence-electron chi connectivity index (χ0n) is 9.73. The Kier molecular flexibility index (Phi) is 5.96. The minimum Gasteiger partial charge on any atom is -0.375 e. The molecular formula is C12H14FN3OS. The Labute approximate surface area is 110 Å². The molecule has 0 amide bonds. The number of hydrogen-bond donors (Lipinski definition) is 2. The maximum atomic E-state index is 13.1. The van der Waals surface area contributed by atoms with Crippen molar-refractivity contribution in [2.24, 2.45) is 10.8 Å². The molecule has 18 heavy (non-hydrogen) atoms. The molecule has 0 bridgehead atoms. The first-order valence-corrected chi connectivity index (χ1v) is 5.60. The molecule has 0 aliphatic rings. The second-order valence-electron chi connectivity index (χ2n) is 3.38. The molecule has 4 nitrogen and oxygen atoms in total. The smallest absolute Gasteiger partial charge is 0.184 e. The SMILES string of the molecule is C=CCOCc1cc(F)ccc1C=NNC(N)=S. The van der Waals surface area contributed by atoms with E-state index in [1.807, 2.05) is 0 Å². The fourth-order valence-electron chi connectivity index (χ4n) is 1.24. The Morgan fingerprint density at radius 1 is 1.61 bits per heavy atom. The maximum Gasteiger partial charge on any atom is 0.184 e. The van der Waals surface area contributed by atoms with E-state index in [9.17, 15) is 4.39 Å². The highest BCUT2D eigenvalue weighted by Gasteiger charge is 2.02. The van der Waals surface area contributed by atoms with E-state index in [0.29, 0.717) is 12.2 Å². The van der Waals surface area contributed by atoms with Gasteiger partial charge in [-0.25, -0.2) is 4.39 Å². The van der Waals surface area contributed by atoms with Crippen LogP contribution in [0.15, 0.2) is 36.0 Å². The number of nitrogens with two attached hydrogens (primary N) is 1. The number of hydrazone groups is 1. The number of hydrogen-bond acceptors (Lipinski definition) is 3. The standard InChI is InChI=1S/C12H14FN3OS/c1-2-5-17-8-10-6-11(13)4-3-9(10)7-15-16-12(14)18/h2-4,6-7H,1,5,8H2,(H3,14,16,18). The first-order chi connectivity index (χ1) is 8.63. The molecule has 96 valence electrons.